The van der Waals surface area contributed by atoms with Gasteiger partial charge in [-0.15, -0.1) is 0 Å². The number of aromatic nitrogens is 1. The second-order valence-corrected chi connectivity index (χ2v) is 9.21. The van der Waals surface area contributed by atoms with Crippen LogP contribution >= 0.6 is 0 Å². The molecule has 1 N–H and O–H groups in total. The Bertz CT molecular complexity index is 1080. The number of fused-ring (bicyclic) bond motifs is 1. The maximum atomic E-state index is 13.6. The summed E-state index contributed by atoms with van der Waals surface area (Å²) in [6.07, 6.45) is 2.53. The fraction of sp³-hybridized carbons (Fsp3) is 0.360. The van der Waals surface area contributed by atoms with Crippen molar-refractivity contribution in [3.63, 3.8) is 0 Å². The van der Waals surface area contributed by atoms with Gasteiger partial charge in [0.1, 0.15) is 6.04 Å². The molecule has 0 radical (unpaired) electrons. The van der Waals surface area contributed by atoms with Crippen molar-refractivity contribution in [2.45, 2.75) is 51.2 Å². The molecule has 0 aliphatic carbocycles. The molecule has 156 valence electrons. The fourth-order valence-corrected chi connectivity index (χ4v) is 4.39. The quantitative estimate of drug-likeness (QED) is 0.716. The van der Waals surface area contributed by atoms with Gasteiger partial charge in [0.05, 0.1) is 5.92 Å². The summed E-state index contributed by atoms with van der Waals surface area (Å²) in [5.74, 6) is -0.394. The summed E-state index contributed by atoms with van der Waals surface area (Å²) < 4.78 is 2.06. The van der Waals surface area contributed by atoms with E-state index in [-0.39, 0.29) is 23.3 Å². The zero-order chi connectivity index (χ0) is 21.5. The molecule has 30 heavy (non-hydrogen) atoms. The first kappa shape index (κ1) is 20.2. The van der Waals surface area contributed by atoms with Crippen LogP contribution in [0.2, 0.25) is 0 Å². The van der Waals surface area contributed by atoms with Gasteiger partial charge in [0.2, 0.25) is 11.8 Å². The summed E-state index contributed by atoms with van der Waals surface area (Å²) in [5.41, 5.74) is 2.77. The molecule has 3 aromatic rings. The van der Waals surface area contributed by atoms with E-state index < -0.39 is 6.04 Å². The lowest BCUT2D eigenvalue weighted by atomic mass is 9.95. The number of aryl methyl sites for hydroxylation is 1. The summed E-state index contributed by atoms with van der Waals surface area (Å²) in [6, 6.07) is 17.5. The van der Waals surface area contributed by atoms with E-state index >= 15 is 0 Å². The van der Waals surface area contributed by atoms with Crippen molar-refractivity contribution in [3.05, 3.63) is 71.9 Å². The van der Waals surface area contributed by atoms with Crippen LogP contribution in [0.4, 0.5) is 0 Å². The van der Waals surface area contributed by atoms with Crippen molar-refractivity contribution < 1.29 is 9.59 Å². The molecule has 2 amide bonds. The highest BCUT2D eigenvalue weighted by Crippen LogP contribution is 2.38. The standard InChI is InChI=1S/C25H29N3O2/c1-25(2,3)26-23(29)22-14-19(20-16-27(4)21-13-9-8-12-18(20)21)24(30)28(22)15-17-10-6-5-7-11-17/h5-13,16,19,22H,14-15H2,1-4H3,(H,26,29)/t19-,22-/m1/s1. The van der Waals surface area contributed by atoms with Gasteiger partial charge in [-0.05, 0) is 44.4 Å². The van der Waals surface area contributed by atoms with Gasteiger partial charge in [-0.1, -0.05) is 48.5 Å². The summed E-state index contributed by atoms with van der Waals surface area (Å²) in [5, 5.41) is 4.15. The molecule has 1 fully saturated rings. The van der Waals surface area contributed by atoms with Gasteiger partial charge >= 0.3 is 0 Å². The Morgan fingerprint density at radius 3 is 2.43 bits per heavy atom. The molecule has 5 heteroatoms. The number of para-hydroxylation sites is 1. The van der Waals surface area contributed by atoms with Crippen molar-refractivity contribution in [2.75, 3.05) is 0 Å². The molecule has 4 rings (SSSR count). The smallest absolute Gasteiger partial charge is 0.243 e. The number of hydrogen-bond acceptors (Lipinski definition) is 2. The molecule has 0 saturated carbocycles. The molecule has 0 bridgehead atoms. The third kappa shape index (κ3) is 3.84. The van der Waals surface area contributed by atoms with E-state index in [2.05, 4.69) is 22.0 Å². The molecular formula is C25H29N3O2. The van der Waals surface area contributed by atoms with Crippen molar-refractivity contribution in [1.82, 2.24) is 14.8 Å². The van der Waals surface area contributed by atoms with Crippen LogP contribution in [0.3, 0.4) is 0 Å². The van der Waals surface area contributed by atoms with E-state index in [0.29, 0.717) is 13.0 Å². The largest absolute Gasteiger partial charge is 0.350 e. The first-order valence-corrected chi connectivity index (χ1v) is 10.4. The molecule has 1 saturated heterocycles. The maximum Gasteiger partial charge on any atom is 0.243 e. The monoisotopic (exact) mass is 403 g/mol. The van der Waals surface area contributed by atoms with Crippen molar-refractivity contribution in [2.24, 2.45) is 7.05 Å². The number of likely N-dealkylation sites (tertiary alicyclic amines) is 1. The predicted molar refractivity (Wildman–Crippen MR) is 119 cm³/mol. The predicted octanol–water partition coefficient (Wildman–Crippen LogP) is 3.98. The zero-order valence-electron chi connectivity index (χ0n) is 18.1. The molecule has 0 spiro atoms. The lowest BCUT2D eigenvalue weighted by Gasteiger charge is -2.28. The summed E-state index contributed by atoms with van der Waals surface area (Å²) in [7, 11) is 2.00. The number of carbonyl (C=O) groups excluding carboxylic acids is 2. The number of hydrogen-bond donors (Lipinski definition) is 1. The van der Waals surface area contributed by atoms with Gasteiger partial charge in [-0.3, -0.25) is 9.59 Å². The third-order valence-electron chi connectivity index (χ3n) is 5.72. The van der Waals surface area contributed by atoms with E-state index in [4.69, 9.17) is 0 Å². The molecular weight excluding hydrogens is 374 g/mol. The van der Waals surface area contributed by atoms with Crippen LogP contribution in [0, 0.1) is 0 Å². The number of nitrogens with zero attached hydrogens (tertiary/aromatic N) is 2. The summed E-state index contributed by atoms with van der Waals surface area (Å²) >= 11 is 0. The Balaban J connectivity index is 1.71. The minimum Gasteiger partial charge on any atom is -0.350 e. The normalized spacial score (nSPS) is 19.5. The second kappa shape index (κ2) is 7.63. The second-order valence-electron chi connectivity index (χ2n) is 9.21. The average Bonchev–Trinajstić information content (AvgIpc) is 3.19. The highest BCUT2D eigenvalue weighted by atomic mass is 16.2. The van der Waals surface area contributed by atoms with E-state index in [1.807, 2.05) is 76.5 Å². The van der Waals surface area contributed by atoms with Crippen LogP contribution in [0.1, 0.15) is 44.2 Å². The molecule has 2 heterocycles. The van der Waals surface area contributed by atoms with Crippen LogP contribution < -0.4 is 5.32 Å². The lowest BCUT2D eigenvalue weighted by molar-refractivity contribution is -0.137. The summed E-state index contributed by atoms with van der Waals surface area (Å²) in [6.45, 7) is 6.32. The van der Waals surface area contributed by atoms with E-state index in [9.17, 15) is 9.59 Å². The van der Waals surface area contributed by atoms with Gasteiger partial charge in [0, 0.05) is 36.2 Å². The van der Waals surface area contributed by atoms with Gasteiger partial charge in [-0.2, -0.15) is 0 Å². The highest BCUT2D eigenvalue weighted by molar-refractivity contribution is 5.98. The van der Waals surface area contributed by atoms with E-state index in [1.165, 1.54) is 0 Å². The van der Waals surface area contributed by atoms with Gasteiger partial charge in [0.25, 0.3) is 0 Å². The van der Waals surface area contributed by atoms with Crippen LogP contribution in [0.5, 0.6) is 0 Å². The third-order valence-corrected chi connectivity index (χ3v) is 5.72. The Labute approximate surface area is 177 Å². The van der Waals surface area contributed by atoms with Crippen molar-refractivity contribution >= 4 is 22.7 Å². The van der Waals surface area contributed by atoms with Crippen LogP contribution in [-0.4, -0.2) is 32.9 Å². The number of nitrogens with one attached hydrogen (secondary N) is 1. The maximum absolute atomic E-state index is 13.6. The molecule has 1 aromatic heterocycles. The molecule has 2 atom stereocenters. The molecule has 1 aliphatic rings. The number of rotatable bonds is 4. The Morgan fingerprint density at radius 2 is 1.73 bits per heavy atom. The Hall–Kier alpha value is -3.08. The minimum atomic E-state index is -0.485. The molecule has 2 aromatic carbocycles. The van der Waals surface area contributed by atoms with Gasteiger partial charge in [0.15, 0.2) is 0 Å². The summed E-state index contributed by atoms with van der Waals surface area (Å²) in [4.78, 5) is 28.5. The SMILES string of the molecule is Cn1cc([C@H]2C[C@H](C(=O)NC(C)(C)C)N(Cc3ccccc3)C2=O)c2ccccc21. The molecule has 5 nitrogen and oxygen atoms in total. The number of amides is 2. The van der Waals surface area contributed by atoms with E-state index in [1.54, 1.807) is 4.90 Å². The number of benzene rings is 2. The highest BCUT2D eigenvalue weighted by Gasteiger charge is 2.45. The van der Waals surface area contributed by atoms with Crippen molar-refractivity contribution in [1.29, 1.82) is 0 Å². The number of carbonyl (C=O) groups is 2. The Morgan fingerprint density at radius 1 is 1.07 bits per heavy atom. The first-order chi connectivity index (χ1) is 14.2. The molecule has 0 unspecified atom stereocenters. The minimum absolute atomic E-state index is 0.0178. The van der Waals surface area contributed by atoms with Crippen LogP contribution in [-0.2, 0) is 23.2 Å². The van der Waals surface area contributed by atoms with Gasteiger partial charge in [-0.25, -0.2) is 0 Å². The fourth-order valence-electron chi connectivity index (χ4n) is 4.39. The van der Waals surface area contributed by atoms with E-state index in [0.717, 1.165) is 22.0 Å². The topological polar surface area (TPSA) is 54.3 Å². The Kier molecular flexibility index (Phi) is 5.14. The zero-order valence-corrected chi connectivity index (χ0v) is 18.1. The van der Waals surface area contributed by atoms with Crippen molar-refractivity contribution in [3.8, 4) is 0 Å². The van der Waals surface area contributed by atoms with Crippen LogP contribution in [0.15, 0.2) is 60.8 Å². The van der Waals surface area contributed by atoms with Gasteiger partial charge < -0.3 is 14.8 Å². The lowest BCUT2D eigenvalue weighted by Crippen LogP contribution is -2.50. The van der Waals surface area contributed by atoms with Crippen LogP contribution in [0.25, 0.3) is 10.9 Å². The molecule has 1 aliphatic heterocycles. The first-order valence-electron chi connectivity index (χ1n) is 10.4. The average molecular weight is 404 g/mol.